The SMILES string of the molecule is CN(C)C(=O)c1cc2cnc(Cc3ccc(N4CCN(CCN5CCN(c6cc7c(cc6F)C(=O)N(C6CCC(=O)NC6=O)C7)CC5)CC4)cn3)nc2n1C1CCCC1.CN(C)C(=O)c1cc2cnc(Cc3ccc(N4CCN(CCN5CCN(c6cc7c(cc6F)C(=O)N(C6CCC(=O)NC6=O)C7)CC5)CC4)cn3)nc2n1C1CCCC1.Cl.O=C1CCC(N2Cc3cc(N4CCNCC4)c(F)cc3C2=O)C(=O)N1. The predicted molar refractivity (Wildman–Crippen MR) is 534 cm³/mol. The number of piperidine rings is 3. The summed E-state index contributed by atoms with van der Waals surface area (Å²) in [6, 6.07) is 19.9. The molecule has 8 saturated heterocycles. The van der Waals surface area contributed by atoms with Crippen LogP contribution in [0.3, 0.4) is 0 Å². The smallest absolute Gasteiger partial charge is 0.270 e. The van der Waals surface area contributed by atoms with Crippen molar-refractivity contribution < 1.29 is 65.9 Å². The second-order valence-electron chi connectivity index (χ2n) is 40.2. The monoisotopic (exact) mass is 1990 g/mol. The van der Waals surface area contributed by atoms with E-state index in [0.717, 1.165) is 220 Å². The van der Waals surface area contributed by atoms with E-state index < -0.39 is 53.3 Å². The molecule has 41 heteroatoms. The van der Waals surface area contributed by atoms with Crippen LogP contribution in [0.4, 0.5) is 41.6 Å². The van der Waals surface area contributed by atoms with Crippen molar-refractivity contribution in [3.8, 4) is 0 Å². The zero-order valence-corrected chi connectivity index (χ0v) is 82.7. The zero-order valence-electron chi connectivity index (χ0n) is 81.9. The molecule has 10 fully saturated rings. The van der Waals surface area contributed by atoms with Crippen molar-refractivity contribution in [3.05, 3.63) is 183 Å². The standard InChI is InChI=1S/2C43H52FN11O4.C17H19FN4O3.ClH/c2*1-49(2)43(59)37-21-28-25-46-38(47-40(28)55(37)31-5-3-4-6-31)23-30-7-8-32(26-45-30)52-17-13-50(14-18-52)11-12-51-15-19-53(20-16-51)36-22-29-27-54(42(58)33(29)24-34(36)44)35-9-10-39(56)48-41(35)57;18-12-8-11-10(7-14(12)21-5-3-19-4-6-21)9-22(17(11)25)13-1-2-15(23)20-16(13)24;/h2*7-8,21-22,24-26,31,35H,3-6,9-20,23,27H2,1-2H3,(H,48,56,57);7-8,13,19H,1-6,9H2,(H,20,23,24);1H. The Balaban J connectivity index is 0.000000147. The normalized spacial score (nSPS) is 21.2. The number of nitrogens with one attached hydrogen (secondary N) is 4. The van der Waals surface area contributed by atoms with E-state index in [1.807, 2.05) is 41.8 Å². The Hall–Kier alpha value is -13.2. The highest BCUT2D eigenvalue weighted by Crippen LogP contribution is 2.41. The van der Waals surface area contributed by atoms with Crippen LogP contribution in [0.5, 0.6) is 0 Å². The lowest BCUT2D eigenvalue weighted by molar-refractivity contribution is -0.138. The quantitative estimate of drug-likeness (QED) is 0.0521. The fourth-order valence-corrected chi connectivity index (χ4v) is 22.7. The Kier molecular flexibility index (Phi) is 29.8. The first-order valence-corrected chi connectivity index (χ1v) is 50.6. The molecular weight excluding hydrogens is 1870 g/mol. The molecule has 760 valence electrons. The third-order valence-electron chi connectivity index (χ3n) is 30.8. The summed E-state index contributed by atoms with van der Waals surface area (Å²) in [6.07, 6.45) is 18.9. The molecule has 17 heterocycles. The molecule has 144 heavy (non-hydrogen) atoms. The van der Waals surface area contributed by atoms with Gasteiger partial charge in [-0.05, 0) is 134 Å². The molecule has 37 nitrogen and oxygen atoms in total. The Morgan fingerprint density at radius 1 is 0.375 bits per heavy atom. The average Bonchev–Trinajstić information content (AvgIpc) is 1.62. The predicted octanol–water partition coefficient (Wildman–Crippen LogP) is 6.57. The molecule has 0 bridgehead atoms. The summed E-state index contributed by atoms with van der Waals surface area (Å²) in [5.74, 6) is -3.37. The molecule has 6 aromatic heterocycles. The number of rotatable bonds is 22. The summed E-state index contributed by atoms with van der Waals surface area (Å²) in [6.45, 7) is 21.1. The summed E-state index contributed by atoms with van der Waals surface area (Å²) in [7, 11) is 7.15. The van der Waals surface area contributed by atoms with E-state index in [2.05, 4.69) is 104 Å². The van der Waals surface area contributed by atoms with Crippen LogP contribution in [0.2, 0.25) is 0 Å². The maximum Gasteiger partial charge on any atom is 0.270 e. The zero-order chi connectivity index (χ0) is 99.1. The van der Waals surface area contributed by atoms with E-state index in [1.165, 1.54) is 32.9 Å². The van der Waals surface area contributed by atoms with Gasteiger partial charge < -0.3 is 63.5 Å². The number of imide groups is 3. The number of hydrogen-bond acceptors (Lipinski definition) is 27. The highest BCUT2D eigenvalue weighted by Gasteiger charge is 2.45. The summed E-state index contributed by atoms with van der Waals surface area (Å²) >= 11 is 0. The van der Waals surface area contributed by atoms with Gasteiger partial charge >= 0.3 is 0 Å². The number of fused-ring (bicyclic) bond motifs is 5. The number of aromatic nitrogens is 8. The lowest BCUT2D eigenvalue weighted by atomic mass is 10.0. The van der Waals surface area contributed by atoms with Crippen LogP contribution in [0.15, 0.2) is 97.6 Å². The number of hydrogen-bond donors (Lipinski definition) is 4. The maximum absolute atomic E-state index is 15.4. The van der Waals surface area contributed by atoms with Gasteiger partial charge in [-0.15, -0.1) is 12.4 Å². The molecule has 4 N–H and O–H groups in total. The van der Waals surface area contributed by atoms with Gasteiger partial charge in [-0.3, -0.25) is 98.3 Å². The molecular formula is C103H124ClF3N26O11. The van der Waals surface area contributed by atoms with Crippen molar-refractivity contribution in [2.45, 2.75) is 153 Å². The van der Waals surface area contributed by atoms with Crippen LogP contribution in [0.25, 0.3) is 22.1 Å². The number of amides is 11. The Bertz CT molecular complexity index is 6100. The van der Waals surface area contributed by atoms with Gasteiger partial charge in [0.25, 0.3) is 29.5 Å². The minimum atomic E-state index is -0.721. The number of anilines is 5. The minimum absolute atomic E-state index is 0. The molecule has 9 aromatic rings. The third kappa shape index (κ3) is 21.1. The van der Waals surface area contributed by atoms with E-state index in [1.54, 1.807) is 56.2 Å². The summed E-state index contributed by atoms with van der Waals surface area (Å²) < 4.78 is 49.7. The number of carbonyl (C=O) groups is 11. The van der Waals surface area contributed by atoms with Crippen LogP contribution in [0, 0.1) is 17.5 Å². The van der Waals surface area contributed by atoms with E-state index in [0.29, 0.717) is 126 Å². The van der Waals surface area contributed by atoms with E-state index in [9.17, 15) is 57.1 Å². The second kappa shape index (κ2) is 43.0. The number of nitrogens with zero attached hydrogens (tertiary/aromatic N) is 22. The lowest BCUT2D eigenvalue weighted by Gasteiger charge is -2.39. The minimum Gasteiger partial charge on any atom is -0.368 e. The Morgan fingerprint density at radius 2 is 0.688 bits per heavy atom. The second-order valence-corrected chi connectivity index (χ2v) is 40.2. The summed E-state index contributed by atoms with van der Waals surface area (Å²) in [5, 5.41) is 11.9. The van der Waals surface area contributed by atoms with Crippen LogP contribution >= 0.6 is 12.4 Å². The first kappa shape index (κ1) is 99.6. The van der Waals surface area contributed by atoms with Crippen molar-refractivity contribution in [1.29, 1.82) is 0 Å². The molecule has 2 saturated carbocycles. The number of piperazine rings is 5. The molecule has 0 radical (unpaired) electrons. The molecule has 0 spiro atoms. The van der Waals surface area contributed by atoms with Crippen LogP contribution in [-0.4, -0.2) is 352 Å². The first-order chi connectivity index (χ1) is 69.2. The van der Waals surface area contributed by atoms with Gasteiger partial charge in [-0.25, -0.2) is 33.1 Å². The maximum atomic E-state index is 15.4. The fraction of sp³-hybridized carbons (Fsp3) is 0.505. The molecule has 22 rings (SSSR count). The van der Waals surface area contributed by atoms with E-state index >= 15 is 8.78 Å². The Labute approximate surface area is 838 Å². The first-order valence-electron chi connectivity index (χ1n) is 50.6. The highest BCUT2D eigenvalue weighted by molar-refractivity contribution is 6.08. The van der Waals surface area contributed by atoms with E-state index in [-0.39, 0.29) is 123 Å². The van der Waals surface area contributed by atoms with Crippen LogP contribution in [-0.2, 0) is 61.2 Å². The van der Waals surface area contributed by atoms with Crippen molar-refractivity contribution in [3.63, 3.8) is 0 Å². The van der Waals surface area contributed by atoms with Gasteiger partial charge in [0, 0.05) is 287 Å². The summed E-state index contributed by atoms with van der Waals surface area (Å²) in [5.41, 5.74) is 11.6. The number of pyridine rings is 2. The fourth-order valence-electron chi connectivity index (χ4n) is 22.7. The van der Waals surface area contributed by atoms with Gasteiger partial charge in [0.15, 0.2) is 0 Å². The van der Waals surface area contributed by atoms with Crippen molar-refractivity contribution >= 4 is 128 Å². The van der Waals surface area contributed by atoms with Crippen LogP contribution in [0.1, 0.15) is 194 Å². The molecule has 3 atom stereocenters. The highest BCUT2D eigenvalue weighted by atomic mass is 35.5. The van der Waals surface area contributed by atoms with Gasteiger partial charge in [0.1, 0.15) is 69.9 Å². The number of halogens is 4. The molecule has 11 aliphatic heterocycles. The summed E-state index contributed by atoms with van der Waals surface area (Å²) in [4.78, 5) is 194. The lowest BCUT2D eigenvalue weighted by Crippen LogP contribution is -2.52. The van der Waals surface area contributed by atoms with E-state index in [4.69, 9.17) is 19.9 Å². The van der Waals surface area contributed by atoms with Gasteiger partial charge in [-0.2, -0.15) is 0 Å². The van der Waals surface area contributed by atoms with Crippen LogP contribution < -0.4 is 45.8 Å². The Morgan fingerprint density at radius 3 is 0.986 bits per heavy atom. The average molecular weight is 1990 g/mol. The topological polar surface area (TPSA) is 368 Å². The van der Waals surface area contributed by atoms with Crippen molar-refractivity contribution in [1.82, 2.24) is 104 Å². The third-order valence-corrected chi connectivity index (χ3v) is 30.8. The van der Waals surface area contributed by atoms with Gasteiger partial charge in [-0.1, -0.05) is 25.7 Å². The number of benzene rings is 3. The molecule has 2 aliphatic carbocycles. The van der Waals surface area contributed by atoms with Gasteiger partial charge in [0.2, 0.25) is 35.4 Å². The van der Waals surface area contributed by atoms with Crippen molar-refractivity contribution in [2.24, 2.45) is 0 Å². The molecule has 11 amide bonds. The largest absolute Gasteiger partial charge is 0.368 e. The molecule has 13 aliphatic rings. The molecule has 3 aromatic carbocycles. The number of carbonyl (C=O) groups excluding carboxylic acids is 11. The van der Waals surface area contributed by atoms with Gasteiger partial charge in [0.05, 0.1) is 53.7 Å². The molecule has 3 unspecified atom stereocenters. The van der Waals surface area contributed by atoms with Crippen molar-refractivity contribution in [2.75, 3.05) is 210 Å².